The van der Waals surface area contributed by atoms with E-state index in [1.807, 2.05) is 11.8 Å². The van der Waals surface area contributed by atoms with Gasteiger partial charge in [-0.2, -0.15) is 18.2 Å². The Morgan fingerprint density at radius 1 is 1.31 bits per heavy atom. The van der Waals surface area contributed by atoms with E-state index < -0.39 is 17.8 Å². The summed E-state index contributed by atoms with van der Waals surface area (Å²) in [7, 11) is 0. The molecule has 2 aromatic rings. The number of halogens is 3. The van der Waals surface area contributed by atoms with Gasteiger partial charge in [0.05, 0.1) is 31.5 Å². The smallest absolute Gasteiger partial charge is 0.377 e. The zero-order valence-corrected chi connectivity index (χ0v) is 16.1. The van der Waals surface area contributed by atoms with Crippen LogP contribution in [-0.4, -0.2) is 53.2 Å². The molecule has 0 N–H and O–H groups in total. The first-order valence-corrected chi connectivity index (χ1v) is 9.45. The highest BCUT2D eigenvalue weighted by Crippen LogP contribution is 2.38. The number of rotatable bonds is 3. The van der Waals surface area contributed by atoms with E-state index >= 15 is 0 Å². The van der Waals surface area contributed by atoms with Crippen molar-refractivity contribution in [3.8, 4) is 0 Å². The number of hydrogen-bond acceptors (Lipinski definition) is 7. The Labute approximate surface area is 164 Å². The molecular formula is C18H22F3N5O3. The van der Waals surface area contributed by atoms with E-state index in [1.54, 1.807) is 11.8 Å². The second-order valence-corrected chi connectivity index (χ2v) is 7.43. The van der Waals surface area contributed by atoms with Crippen molar-refractivity contribution in [3.05, 3.63) is 33.9 Å². The van der Waals surface area contributed by atoms with Crippen LogP contribution in [0.2, 0.25) is 0 Å². The van der Waals surface area contributed by atoms with Crippen LogP contribution in [0.3, 0.4) is 0 Å². The van der Waals surface area contributed by atoms with Gasteiger partial charge in [-0.3, -0.25) is 9.36 Å². The van der Waals surface area contributed by atoms with Gasteiger partial charge in [0.25, 0.3) is 5.56 Å². The third kappa shape index (κ3) is 3.70. The molecule has 1 saturated heterocycles. The lowest BCUT2D eigenvalue weighted by Gasteiger charge is -2.38. The summed E-state index contributed by atoms with van der Waals surface area (Å²) in [5, 5.41) is 3.82. The molecule has 0 amide bonds. The van der Waals surface area contributed by atoms with Gasteiger partial charge in [-0.05, 0) is 20.3 Å². The molecule has 11 heteroatoms. The third-order valence-corrected chi connectivity index (χ3v) is 5.44. The first kappa shape index (κ1) is 19.7. The molecule has 0 radical (unpaired) electrons. The summed E-state index contributed by atoms with van der Waals surface area (Å²) < 4.78 is 52.0. The molecular weight excluding hydrogens is 391 g/mol. The van der Waals surface area contributed by atoms with Gasteiger partial charge in [-0.1, -0.05) is 5.16 Å². The summed E-state index contributed by atoms with van der Waals surface area (Å²) in [6.45, 7) is 5.51. The van der Waals surface area contributed by atoms with Gasteiger partial charge < -0.3 is 19.1 Å². The third-order valence-electron chi connectivity index (χ3n) is 5.44. The zero-order valence-electron chi connectivity index (χ0n) is 16.1. The molecule has 0 bridgehead atoms. The van der Waals surface area contributed by atoms with E-state index in [9.17, 15) is 18.0 Å². The average Bonchev–Trinajstić information content (AvgIpc) is 3.06. The molecule has 0 aromatic carbocycles. The van der Waals surface area contributed by atoms with Crippen LogP contribution in [0.1, 0.15) is 30.6 Å². The number of nitrogens with zero attached hydrogens (tertiary/aromatic N) is 5. The predicted molar refractivity (Wildman–Crippen MR) is 98.1 cm³/mol. The van der Waals surface area contributed by atoms with Crippen molar-refractivity contribution >= 4 is 11.8 Å². The van der Waals surface area contributed by atoms with Crippen LogP contribution in [0.15, 0.2) is 21.6 Å². The number of hydrogen-bond donors (Lipinski definition) is 0. The molecule has 2 aliphatic rings. The molecule has 2 aromatic heterocycles. The Bertz CT molecular complexity index is 942. The standard InChI is InChI=1S/C18H22F3N5O3/c1-11-9-28-6-5-25(11)15-7-16(27)26-14(18(19,20)21)3-4-24(17(26)22-15)8-13-10-29-23-12(13)2/h7,10-11,14H,3-6,8-9H2,1-2H3. The molecule has 0 saturated carbocycles. The van der Waals surface area contributed by atoms with Crippen molar-refractivity contribution in [3.63, 3.8) is 0 Å². The van der Waals surface area contributed by atoms with E-state index in [0.717, 1.165) is 10.1 Å². The maximum Gasteiger partial charge on any atom is 0.409 e. The Morgan fingerprint density at radius 2 is 2.10 bits per heavy atom. The summed E-state index contributed by atoms with van der Waals surface area (Å²) in [6.07, 6.45) is -3.30. The zero-order chi connectivity index (χ0) is 20.8. The summed E-state index contributed by atoms with van der Waals surface area (Å²) in [5.74, 6) is 0.382. The highest BCUT2D eigenvalue weighted by molar-refractivity contribution is 5.47. The molecule has 4 heterocycles. The summed E-state index contributed by atoms with van der Waals surface area (Å²) in [4.78, 5) is 20.9. The molecule has 2 unspecified atom stereocenters. The fraction of sp³-hybridized carbons (Fsp3) is 0.611. The molecule has 8 nitrogen and oxygen atoms in total. The lowest BCUT2D eigenvalue weighted by atomic mass is 10.1. The molecule has 0 spiro atoms. The maximum absolute atomic E-state index is 13.6. The van der Waals surface area contributed by atoms with Crippen LogP contribution in [0.5, 0.6) is 0 Å². The van der Waals surface area contributed by atoms with Crippen LogP contribution in [0.25, 0.3) is 0 Å². The van der Waals surface area contributed by atoms with Crippen molar-refractivity contribution in [1.29, 1.82) is 0 Å². The highest BCUT2D eigenvalue weighted by Gasteiger charge is 2.45. The number of ether oxygens (including phenoxy) is 1. The number of aryl methyl sites for hydroxylation is 1. The van der Waals surface area contributed by atoms with Gasteiger partial charge in [-0.25, -0.2) is 0 Å². The van der Waals surface area contributed by atoms with Crippen molar-refractivity contribution in [2.75, 3.05) is 36.1 Å². The number of alkyl halides is 3. The largest absolute Gasteiger partial charge is 0.409 e. The van der Waals surface area contributed by atoms with Crippen molar-refractivity contribution in [2.45, 2.75) is 45.1 Å². The number of morpholine rings is 1. The minimum atomic E-state index is -4.53. The van der Waals surface area contributed by atoms with E-state index in [2.05, 4.69) is 10.1 Å². The number of aromatic nitrogens is 3. The maximum atomic E-state index is 13.6. The van der Waals surface area contributed by atoms with E-state index in [4.69, 9.17) is 9.26 Å². The lowest BCUT2D eigenvalue weighted by molar-refractivity contribution is -0.171. The van der Waals surface area contributed by atoms with E-state index in [1.165, 1.54) is 12.3 Å². The Morgan fingerprint density at radius 3 is 2.76 bits per heavy atom. The molecule has 0 aliphatic carbocycles. The van der Waals surface area contributed by atoms with Gasteiger partial charge >= 0.3 is 6.18 Å². The summed E-state index contributed by atoms with van der Waals surface area (Å²) >= 11 is 0. The first-order chi connectivity index (χ1) is 13.8. The molecule has 1 fully saturated rings. The van der Waals surface area contributed by atoms with Gasteiger partial charge in [-0.15, -0.1) is 0 Å². The first-order valence-electron chi connectivity index (χ1n) is 9.45. The second-order valence-electron chi connectivity index (χ2n) is 7.43. The number of anilines is 2. The van der Waals surface area contributed by atoms with Crippen LogP contribution < -0.4 is 15.4 Å². The Kier molecular flexibility index (Phi) is 5.01. The predicted octanol–water partition coefficient (Wildman–Crippen LogP) is 2.28. The van der Waals surface area contributed by atoms with Crippen molar-refractivity contribution < 1.29 is 22.4 Å². The summed E-state index contributed by atoms with van der Waals surface area (Å²) in [5.41, 5.74) is 0.675. The van der Waals surface area contributed by atoms with E-state index in [-0.39, 0.29) is 31.5 Å². The molecule has 4 rings (SSSR count). The van der Waals surface area contributed by atoms with Crippen molar-refractivity contribution in [1.82, 2.24) is 14.7 Å². The lowest BCUT2D eigenvalue weighted by Crippen LogP contribution is -2.48. The normalized spacial score (nSPS) is 22.7. The fourth-order valence-corrected chi connectivity index (χ4v) is 3.84. The Hall–Kier alpha value is -2.56. The van der Waals surface area contributed by atoms with Crippen LogP contribution in [-0.2, 0) is 11.3 Å². The van der Waals surface area contributed by atoms with Gasteiger partial charge in [0.15, 0.2) is 0 Å². The second kappa shape index (κ2) is 7.36. The monoisotopic (exact) mass is 413 g/mol. The quantitative estimate of drug-likeness (QED) is 0.764. The van der Waals surface area contributed by atoms with Gasteiger partial charge in [0, 0.05) is 24.7 Å². The van der Waals surface area contributed by atoms with E-state index in [0.29, 0.717) is 31.3 Å². The highest BCUT2D eigenvalue weighted by atomic mass is 19.4. The van der Waals surface area contributed by atoms with Gasteiger partial charge in [0.1, 0.15) is 18.1 Å². The molecule has 158 valence electrons. The van der Waals surface area contributed by atoms with Crippen LogP contribution in [0, 0.1) is 6.92 Å². The van der Waals surface area contributed by atoms with Crippen LogP contribution in [0.4, 0.5) is 24.9 Å². The topological polar surface area (TPSA) is 76.6 Å². The minimum absolute atomic E-state index is 0.0142. The van der Waals surface area contributed by atoms with Crippen LogP contribution >= 0.6 is 0 Å². The van der Waals surface area contributed by atoms with Crippen molar-refractivity contribution in [2.24, 2.45) is 0 Å². The SMILES string of the molecule is Cc1nocc1CN1CCC(C(F)(F)F)n2c1nc(N1CCOCC1C)cc2=O. The fourth-order valence-electron chi connectivity index (χ4n) is 3.84. The molecule has 2 aliphatic heterocycles. The molecule has 29 heavy (non-hydrogen) atoms. The average molecular weight is 413 g/mol. The van der Waals surface area contributed by atoms with Gasteiger partial charge in [0.2, 0.25) is 5.95 Å². The Balaban J connectivity index is 1.79. The minimum Gasteiger partial charge on any atom is -0.377 e. The summed E-state index contributed by atoms with van der Waals surface area (Å²) in [6, 6.07) is -0.735. The molecule has 2 atom stereocenters. The number of fused-ring (bicyclic) bond motifs is 1.